The third-order valence-corrected chi connectivity index (χ3v) is 3.53. The number of halogens is 2. The fourth-order valence-electron chi connectivity index (χ4n) is 2.17. The lowest BCUT2D eigenvalue weighted by molar-refractivity contribution is 0.475. The molecule has 0 radical (unpaired) electrons. The highest BCUT2D eigenvalue weighted by Crippen LogP contribution is 2.32. The first kappa shape index (κ1) is 18.2. The molecule has 0 spiro atoms. The minimum Gasteiger partial charge on any atom is -0.357 e. The molecule has 0 saturated heterocycles. The Morgan fingerprint density at radius 2 is 2.00 bits per heavy atom. The van der Waals surface area contributed by atoms with Crippen molar-refractivity contribution in [2.75, 3.05) is 20.1 Å². The Balaban J connectivity index is 0.00000220. The van der Waals surface area contributed by atoms with Gasteiger partial charge in [0.25, 0.3) is 0 Å². The van der Waals surface area contributed by atoms with Crippen molar-refractivity contribution in [3.8, 4) is 0 Å². The van der Waals surface area contributed by atoms with Crippen molar-refractivity contribution in [2.24, 2.45) is 10.9 Å². The molecule has 21 heavy (non-hydrogen) atoms. The van der Waals surface area contributed by atoms with Crippen molar-refractivity contribution >= 4 is 29.9 Å². The van der Waals surface area contributed by atoms with Crippen LogP contribution < -0.4 is 5.32 Å². The van der Waals surface area contributed by atoms with Gasteiger partial charge in [0.05, 0.1) is 0 Å². The summed E-state index contributed by atoms with van der Waals surface area (Å²) in [6, 6.07) is 6.64. The van der Waals surface area contributed by atoms with Gasteiger partial charge < -0.3 is 10.2 Å². The average molecular weight is 405 g/mol. The smallest absolute Gasteiger partial charge is 0.193 e. The van der Waals surface area contributed by atoms with Crippen LogP contribution in [0.15, 0.2) is 29.3 Å². The highest BCUT2D eigenvalue weighted by molar-refractivity contribution is 14.0. The van der Waals surface area contributed by atoms with Crippen LogP contribution in [0.5, 0.6) is 0 Å². The van der Waals surface area contributed by atoms with Gasteiger partial charge in [0, 0.05) is 26.7 Å². The van der Waals surface area contributed by atoms with Crippen molar-refractivity contribution in [2.45, 2.75) is 32.7 Å². The van der Waals surface area contributed by atoms with E-state index in [1.54, 1.807) is 0 Å². The summed E-state index contributed by atoms with van der Waals surface area (Å²) in [5.74, 6) is 1.64. The van der Waals surface area contributed by atoms with Crippen LogP contribution in [-0.2, 0) is 6.54 Å². The Kier molecular flexibility index (Phi) is 8.00. The van der Waals surface area contributed by atoms with Crippen molar-refractivity contribution < 1.29 is 4.39 Å². The first-order chi connectivity index (χ1) is 9.69. The predicted molar refractivity (Wildman–Crippen MR) is 96.6 cm³/mol. The van der Waals surface area contributed by atoms with E-state index >= 15 is 0 Å². The fourth-order valence-corrected chi connectivity index (χ4v) is 2.17. The van der Waals surface area contributed by atoms with E-state index in [0.717, 1.165) is 37.1 Å². The maximum Gasteiger partial charge on any atom is 0.193 e. The summed E-state index contributed by atoms with van der Waals surface area (Å²) in [6.45, 7) is 4.55. The van der Waals surface area contributed by atoms with Gasteiger partial charge in [-0.1, -0.05) is 25.0 Å². The minimum atomic E-state index is -0.193. The summed E-state index contributed by atoms with van der Waals surface area (Å²) >= 11 is 0. The molecular formula is C16H25FIN3. The molecule has 0 aromatic heterocycles. The van der Waals surface area contributed by atoms with E-state index < -0.39 is 0 Å². The van der Waals surface area contributed by atoms with Crippen LogP contribution in [0.2, 0.25) is 0 Å². The second kappa shape index (κ2) is 9.23. The molecule has 1 aliphatic rings. The molecule has 3 nitrogen and oxygen atoms in total. The Morgan fingerprint density at radius 3 is 2.57 bits per heavy atom. The quantitative estimate of drug-likeness (QED) is 0.445. The molecule has 1 saturated carbocycles. The molecule has 1 N–H and O–H groups in total. The normalized spacial score (nSPS) is 14.5. The minimum absolute atomic E-state index is 0. The summed E-state index contributed by atoms with van der Waals surface area (Å²) in [6.07, 6.45) is 3.94. The van der Waals surface area contributed by atoms with E-state index in [0.29, 0.717) is 0 Å². The number of benzene rings is 1. The van der Waals surface area contributed by atoms with Crippen LogP contribution in [0, 0.1) is 11.7 Å². The molecule has 2 rings (SSSR count). The largest absolute Gasteiger partial charge is 0.357 e. The summed E-state index contributed by atoms with van der Waals surface area (Å²) < 4.78 is 12.9. The van der Waals surface area contributed by atoms with Gasteiger partial charge >= 0.3 is 0 Å². The third-order valence-electron chi connectivity index (χ3n) is 3.53. The van der Waals surface area contributed by atoms with Crippen molar-refractivity contribution in [3.05, 3.63) is 35.6 Å². The number of nitrogens with one attached hydrogen (secondary N) is 1. The summed E-state index contributed by atoms with van der Waals surface area (Å²) in [7, 11) is 2.02. The first-order valence-electron chi connectivity index (χ1n) is 7.43. The lowest BCUT2D eigenvalue weighted by Gasteiger charge is -2.22. The van der Waals surface area contributed by atoms with Gasteiger partial charge in [-0.15, -0.1) is 24.0 Å². The molecular weight excluding hydrogens is 380 g/mol. The molecule has 1 fully saturated rings. The van der Waals surface area contributed by atoms with Crippen molar-refractivity contribution in [1.29, 1.82) is 0 Å². The lowest BCUT2D eigenvalue weighted by atomic mass is 10.2. The van der Waals surface area contributed by atoms with Crippen molar-refractivity contribution in [3.63, 3.8) is 0 Å². The van der Waals surface area contributed by atoms with Crippen LogP contribution in [0.25, 0.3) is 0 Å². The number of nitrogens with zero attached hydrogens (tertiary/aromatic N) is 2. The molecule has 1 aromatic rings. The Morgan fingerprint density at radius 1 is 1.33 bits per heavy atom. The third kappa shape index (κ3) is 6.63. The first-order valence-corrected chi connectivity index (χ1v) is 7.43. The van der Waals surface area contributed by atoms with E-state index in [-0.39, 0.29) is 29.8 Å². The van der Waals surface area contributed by atoms with Gasteiger partial charge in [-0.25, -0.2) is 4.39 Å². The SMILES string of the molecule is CCNC(=NCCC1CC1)N(C)Cc1ccc(F)cc1.I. The van der Waals surface area contributed by atoms with Crippen LogP contribution >= 0.6 is 24.0 Å². The molecule has 0 aliphatic heterocycles. The van der Waals surface area contributed by atoms with Gasteiger partial charge in [-0.05, 0) is 37.0 Å². The second-order valence-corrected chi connectivity index (χ2v) is 5.45. The highest BCUT2D eigenvalue weighted by atomic mass is 127. The second-order valence-electron chi connectivity index (χ2n) is 5.45. The van der Waals surface area contributed by atoms with E-state index in [9.17, 15) is 4.39 Å². The predicted octanol–water partition coefficient (Wildman–Crippen LogP) is 3.64. The zero-order valence-electron chi connectivity index (χ0n) is 12.8. The Bertz CT molecular complexity index is 443. The van der Waals surface area contributed by atoms with Gasteiger partial charge in [0.15, 0.2) is 5.96 Å². The molecule has 0 unspecified atom stereocenters. The fraction of sp³-hybridized carbons (Fsp3) is 0.562. The number of hydrogen-bond acceptors (Lipinski definition) is 1. The Labute approximate surface area is 144 Å². The molecule has 1 aliphatic carbocycles. The maximum absolute atomic E-state index is 12.9. The van der Waals surface area contributed by atoms with Gasteiger partial charge in [0.1, 0.15) is 5.82 Å². The topological polar surface area (TPSA) is 27.6 Å². The van der Waals surface area contributed by atoms with Crippen molar-refractivity contribution in [1.82, 2.24) is 10.2 Å². The zero-order chi connectivity index (χ0) is 14.4. The number of hydrogen-bond donors (Lipinski definition) is 1. The number of guanidine groups is 1. The molecule has 118 valence electrons. The average Bonchev–Trinajstić information content (AvgIpc) is 3.24. The molecule has 0 amide bonds. The van der Waals surface area contributed by atoms with Crippen LogP contribution in [0.1, 0.15) is 31.7 Å². The molecule has 5 heteroatoms. The van der Waals surface area contributed by atoms with E-state index in [2.05, 4.69) is 22.1 Å². The standard InChI is InChI=1S/C16H24FN3.HI/c1-3-18-16(19-11-10-13-4-5-13)20(2)12-14-6-8-15(17)9-7-14;/h6-9,13H,3-5,10-12H2,1-2H3,(H,18,19);1H. The van der Waals surface area contributed by atoms with Gasteiger partial charge in [-0.2, -0.15) is 0 Å². The summed E-state index contributed by atoms with van der Waals surface area (Å²) in [5.41, 5.74) is 1.08. The summed E-state index contributed by atoms with van der Waals surface area (Å²) in [4.78, 5) is 6.75. The van der Waals surface area contributed by atoms with E-state index in [1.165, 1.54) is 31.4 Å². The van der Waals surface area contributed by atoms with Gasteiger partial charge in [0.2, 0.25) is 0 Å². The Hall–Kier alpha value is -0.850. The monoisotopic (exact) mass is 405 g/mol. The lowest BCUT2D eigenvalue weighted by Crippen LogP contribution is -2.38. The molecule has 1 aromatic carbocycles. The molecule has 0 bridgehead atoms. The zero-order valence-corrected chi connectivity index (χ0v) is 15.1. The van der Waals surface area contributed by atoms with Crippen LogP contribution in [0.4, 0.5) is 4.39 Å². The number of rotatable bonds is 6. The maximum atomic E-state index is 12.9. The van der Waals surface area contributed by atoms with Crippen LogP contribution in [0.3, 0.4) is 0 Å². The van der Waals surface area contributed by atoms with E-state index in [1.807, 2.05) is 19.2 Å². The van der Waals surface area contributed by atoms with E-state index in [4.69, 9.17) is 0 Å². The molecule has 0 atom stereocenters. The highest BCUT2D eigenvalue weighted by Gasteiger charge is 2.20. The summed E-state index contributed by atoms with van der Waals surface area (Å²) in [5, 5.41) is 3.31. The van der Waals surface area contributed by atoms with Gasteiger partial charge in [-0.3, -0.25) is 4.99 Å². The van der Waals surface area contributed by atoms with Crippen LogP contribution in [-0.4, -0.2) is 31.0 Å². The molecule has 0 heterocycles. The number of aliphatic imine (C=N–C) groups is 1.